The molecule has 8 heteroatoms. The number of amides is 2. The van der Waals surface area contributed by atoms with Crippen LogP contribution in [-0.4, -0.2) is 44.9 Å². The maximum atomic E-state index is 14.5. The zero-order valence-electron chi connectivity index (χ0n) is 18.9. The molecule has 0 spiro atoms. The van der Waals surface area contributed by atoms with Crippen LogP contribution in [0.25, 0.3) is 0 Å². The summed E-state index contributed by atoms with van der Waals surface area (Å²) in [5.74, 6) is 0.603. The molecule has 0 aliphatic carbocycles. The summed E-state index contributed by atoms with van der Waals surface area (Å²) in [5.41, 5.74) is 3.25. The first-order valence-corrected chi connectivity index (χ1v) is 11.3. The number of phenols is 1. The van der Waals surface area contributed by atoms with Crippen molar-refractivity contribution >= 4 is 17.5 Å². The summed E-state index contributed by atoms with van der Waals surface area (Å²) in [6.45, 7) is 4.06. The molecule has 1 fully saturated rings. The zero-order chi connectivity index (χ0) is 23.1. The van der Waals surface area contributed by atoms with E-state index in [1.54, 1.807) is 27.8 Å². The van der Waals surface area contributed by atoms with Crippen molar-refractivity contribution in [1.29, 1.82) is 0 Å². The molecule has 3 heterocycles. The smallest absolute Gasteiger partial charge is 0.326 e. The molecule has 7 nitrogen and oxygen atoms in total. The van der Waals surface area contributed by atoms with Gasteiger partial charge in [0.05, 0.1) is 18.8 Å². The van der Waals surface area contributed by atoms with E-state index < -0.39 is 0 Å². The fourth-order valence-electron chi connectivity index (χ4n) is 5.03. The number of piperidine rings is 1. The van der Waals surface area contributed by atoms with Gasteiger partial charge in [0.2, 0.25) is 0 Å². The highest BCUT2D eigenvalue weighted by Gasteiger charge is 2.38. The van der Waals surface area contributed by atoms with Gasteiger partial charge in [0, 0.05) is 43.5 Å². The number of para-hydroxylation sites is 2. The van der Waals surface area contributed by atoms with Crippen molar-refractivity contribution in [1.82, 2.24) is 14.7 Å². The number of halogens is 1. The van der Waals surface area contributed by atoms with E-state index in [4.69, 9.17) is 0 Å². The highest BCUT2D eigenvalue weighted by molar-refractivity contribution is 5.94. The topological polar surface area (TPSA) is 64.8 Å². The van der Waals surface area contributed by atoms with Gasteiger partial charge in [0.25, 0.3) is 0 Å². The van der Waals surface area contributed by atoms with Crippen molar-refractivity contribution in [3.05, 3.63) is 71.2 Å². The van der Waals surface area contributed by atoms with Gasteiger partial charge in [0.1, 0.15) is 11.6 Å². The van der Waals surface area contributed by atoms with E-state index in [0.29, 0.717) is 36.7 Å². The maximum Gasteiger partial charge on any atom is 0.326 e. The lowest BCUT2D eigenvalue weighted by Crippen LogP contribution is -2.54. The molecule has 2 aliphatic heterocycles. The van der Waals surface area contributed by atoms with Crippen LogP contribution in [0.5, 0.6) is 5.75 Å². The van der Waals surface area contributed by atoms with E-state index in [-0.39, 0.29) is 30.2 Å². The van der Waals surface area contributed by atoms with E-state index in [1.165, 1.54) is 6.07 Å². The minimum Gasteiger partial charge on any atom is -0.508 e. The number of aromatic nitrogens is 2. The summed E-state index contributed by atoms with van der Waals surface area (Å²) in [6, 6.07) is 12.2. The Hall–Kier alpha value is -3.55. The highest BCUT2D eigenvalue weighted by atomic mass is 19.1. The number of carbonyl (C=O) groups excluding carboxylic acids is 1. The minimum atomic E-state index is -0.198. The lowest BCUT2D eigenvalue weighted by molar-refractivity contribution is 0.159. The standard InChI is InChI=1S/C25H28FN5O2/c1-17-6-5-8-21(26)23(17)29-12-10-20(11-13-29)30-16-19-14-28(2)27-24(19)31(25(30)33)15-18-7-3-4-9-22(18)32/h3-9,14,20,32H,10-13,15-16H2,1-2H3. The Bertz CT molecular complexity index is 1170. The van der Waals surface area contributed by atoms with E-state index in [1.807, 2.05) is 43.3 Å². The van der Waals surface area contributed by atoms with Crippen LogP contribution in [0.1, 0.15) is 29.5 Å². The van der Waals surface area contributed by atoms with E-state index in [0.717, 1.165) is 24.0 Å². The number of phenolic OH excluding ortho intramolecular Hbond substituents is 1. The van der Waals surface area contributed by atoms with Crippen LogP contribution < -0.4 is 9.80 Å². The molecule has 0 radical (unpaired) electrons. The van der Waals surface area contributed by atoms with Crippen molar-refractivity contribution in [3.8, 4) is 5.75 Å². The second kappa shape index (κ2) is 8.42. The van der Waals surface area contributed by atoms with E-state index >= 15 is 0 Å². The molecular formula is C25H28FN5O2. The third kappa shape index (κ3) is 3.90. The molecule has 0 unspecified atom stereocenters. The number of nitrogens with zero attached hydrogens (tertiary/aromatic N) is 5. The number of hydrogen-bond acceptors (Lipinski definition) is 4. The molecule has 5 rings (SSSR count). The van der Waals surface area contributed by atoms with Gasteiger partial charge in [-0.05, 0) is 37.5 Å². The van der Waals surface area contributed by atoms with Crippen molar-refractivity contribution in [3.63, 3.8) is 0 Å². The molecular weight excluding hydrogens is 421 g/mol. The number of aryl methyl sites for hydroxylation is 2. The zero-order valence-corrected chi connectivity index (χ0v) is 18.9. The molecule has 1 saturated heterocycles. The van der Waals surface area contributed by atoms with E-state index in [2.05, 4.69) is 10.00 Å². The predicted octanol–water partition coefficient (Wildman–Crippen LogP) is 4.18. The molecule has 33 heavy (non-hydrogen) atoms. The molecule has 0 bridgehead atoms. The van der Waals surface area contributed by atoms with Gasteiger partial charge in [-0.25, -0.2) is 9.18 Å². The Morgan fingerprint density at radius 3 is 2.61 bits per heavy atom. The average Bonchev–Trinajstić information content (AvgIpc) is 3.17. The third-order valence-corrected chi connectivity index (χ3v) is 6.69. The summed E-state index contributed by atoms with van der Waals surface area (Å²) in [6.07, 6.45) is 3.48. The second-order valence-electron chi connectivity index (χ2n) is 8.90. The maximum absolute atomic E-state index is 14.5. The molecule has 0 atom stereocenters. The number of rotatable bonds is 4. The van der Waals surface area contributed by atoms with Gasteiger partial charge >= 0.3 is 6.03 Å². The number of urea groups is 1. The molecule has 0 saturated carbocycles. The summed E-state index contributed by atoms with van der Waals surface area (Å²) >= 11 is 0. The second-order valence-corrected chi connectivity index (χ2v) is 8.90. The number of anilines is 2. The number of aromatic hydroxyl groups is 1. The Labute approximate surface area is 192 Å². The summed E-state index contributed by atoms with van der Waals surface area (Å²) in [4.78, 5) is 19.3. The summed E-state index contributed by atoms with van der Waals surface area (Å²) < 4.78 is 16.2. The fourth-order valence-corrected chi connectivity index (χ4v) is 5.03. The van der Waals surface area contributed by atoms with Crippen LogP contribution in [0.3, 0.4) is 0 Å². The number of benzene rings is 2. The highest BCUT2D eigenvalue weighted by Crippen LogP contribution is 2.34. The monoisotopic (exact) mass is 449 g/mol. The van der Waals surface area contributed by atoms with Crippen molar-refractivity contribution in [2.45, 2.75) is 38.9 Å². The predicted molar refractivity (Wildman–Crippen MR) is 125 cm³/mol. The summed E-state index contributed by atoms with van der Waals surface area (Å²) in [5, 5.41) is 14.8. The van der Waals surface area contributed by atoms with Crippen LogP contribution in [0, 0.1) is 12.7 Å². The van der Waals surface area contributed by atoms with Crippen molar-refractivity contribution < 1.29 is 14.3 Å². The molecule has 2 aliphatic rings. The normalized spacial score (nSPS) is 16.9. The lowest BCUT2D eigenvalue weighted by atomic mass is 10.00. The lowest BCUT2D eigenvalue weighted by Gasteiger charge is -2.43. The first-order valence-electron chi connectivity index (χ1n) is 11.3. The van der Waals surface area contributed by atoms with E-state index in [9.17, 15) is 14.3 Å². The fraction of sp³-hybridized carbons (Fsp3) is 0.360. The number of fused-ring (bicyclic) bond motifs is 1. The van der Waals surface area contributed by atoms with Crippen LogP contribution in [0.15, 0.2) is 48.7 Å². The Morgan fingerprint density at radius 2 is 1.88 bits per heavy atom. The van der Waals surface area contributed by atoms with Gasteiger partial charge in [-0.2, -0.15) is 5.10 Å². The molecule has 2 amide bonds. The molecule has 3 aromatic rings. The van der Waals surface area contributed by atoms with Gasteiger partial charge in [-0.1, -0.05) is 30.3 Å². The van der Waals surface area contributed by atoms with Gasteiger partial charge in [0.15, 0.2) is 5.82 Å². The third-order valence-electron chi connectivity index (χ3n) is 6.69. The Kier molecular flexibility index (Phi) is 5.44. The summed E-state index contributed by atoms with van der Waals surface area (Å²) in [7, 11) is 1.85. The van der Waals surface area contributed by atoms with Crippen molar-refractivity contribution in [2.24, 2.45) is 7.05 Å². The first kappa shape index (κ1) is 21.3. The number of hydrogen-bond donors (Lipinski definition) is 1. The molecule has 1 N–H and O–H groups in total. The molecule has 172 valence electrons. The Morgan fingerprint density at radius 1 is 1.12 bits per heavy atom. The van der Waals surface area contributed by atoms with Crippen molar-refractivity contribution in [2.75, 3.05) is 22.9 Å². The Balaban J connectivity index is 1.37. The largest absolute Gasteiger partial charge is 0.508 e. The first-order chi connectivity index (χ1) is 15.9. The molecule has 2 aromatic carbocycles. The molecule has 1 aromatic heterocycles. The minimum absolute atomic E-state index is 0.0565. The van der Waals surface area contributed by atoms with Crippen LogP contribution in [-0.2, 0) is 20.1 Å². The quantitative estimate of drug-likeness (QED) is 0.649. The van der Waals surface area contributed by atoms with Crippen LogP contribution in [0.4, 0.5) is 20.7 Å². The van der Waals surface area contributed by atoms with Crippen LogP contribution >= 0.6 is 0 Å². The van der Waals surface area contributed by atoms with Crippen LogP contribution in [0.2, 0.25) is 0 Å². The van der Waals surface area contributed by atoms with Gasteiger partial charge in [-0.15, -0.1) is 0 Å². The average molecular weight is 450 g/mol. The van der Waals surface area contributed by atoms with Gasteiger partial charge < -0.3 is 14.9 Å². The SMILES string of the molecule is Cc1cccc(F)c1N1CCC(N2Cc3cn(C)nc3N(Cc3ccccc3O)C2=O)CC1. The number of carbonyl (C=O) groups is 1. The van der Waals surface area contributed by atoms with Gasteiger partial charge in [-0.3, -0.25) is 9.58 Å².